The van der Waals surface area contributed by atoms with Crippen LogP contribution in [-0.4, -0.2) is 9.38 Å². The van der Waals surface area contributed by atoms with Crippen molar-refractivity contribution in [2.75, 3.05) is 0 Å². The van der Waals surface area contributed by atoms with E-state index in [1.165, 1.54) is 0 Å². The van der Waals surface area contributed by atoms with Crippen LogP contribution in [0.3, 0.4) is 0 Å². The van der Waals surface area contributed by atoms with Crippen LogP contribution >= 0.6 is 31.9 Å². The molecule has 2 heterocycles. The van der Waals surface area contributed by atoms with Crippen molar-refractivity contribution in [1.29, 1.82) is 5.26 Å². The van der Waals surface area contributed by atoms with Gasteiger partial charge < -0.3 is 4.40 Å². The summed E-state index contributed by atoms with van der Waals surface area (Å²) < 4.78 is 3.60. The first-order chi connectivity index (χ1) is 6.20. The molecule has 0 aliphatic heterocycles. The molecular weight excluding hydrogens is 298 g/mol. The standard InChI is InChI=1S/C8H3Br2N3/c9-5-1-7(10)8-12-6(2-11)4-13(8)3-5/h1,3-4H. The van der Waals surface area contributed by atoms with Crippen molar-refractivity contribution < 1.29 is 0 Å². The highest BCUT2D eigenvalue weighted by Crippen LogP contribution is 2.22. The van der Waals surface area contributed by atoms with Crippen molar-refractivity contribution in [3.05, 3.63) is 33.1 Å². The molecule has 2 rings (SSSR count). The number of rotatable bonds is 0. The number of nitriles is 1. The zero-order chi connectivity index (χ0) is 9.42. The van der Waals surface area contributed by atoms with Gasteiger partial charge in [-0.05, 0) is 37.9 Å². The van der Waals surface area contributed by atoms with Gasteiger partial charge in [0.05, 0.1) is 4.47 Å². The number of hydrogen-bond donors (Lipinski definition) is 0. The number of fused-ring (bicyclic) bond motifs is 1. The number of halogens is 2. The lowest BCUT2D eigenvalue weighted by Crippen LogP contribution is -1.83. The first-order valence-corrected chi connectivity index (χ1v) is 5.03. The molecule has 2 aromatic rings. The number of aromatic nitrogens is 2. The largest absolute Gasteiger partial charge is 0.304 e. The summed E-state index contributed by atoms with van der Waals surface area (Å²) in [5.74, 6) is 0. The molecule has 2 aromatic heterocycles. The molecule has 5 heteroatoms. The molecule has 0 fully saturated rings. The minimum absolute atomic E-state index is 0.416. The molecule has 13 heavy (non-hydrogen) atoms. The molecular formula is C8H3Br2N3. The molecule has 0 aliphatic rings. The quantitative estimate of drug-likeness (QED) is 0.750. The molecule has 64 valence electrons. The lowest BCUT2D eigenvalue weighted by Gasteiger charge is -1.96. The van der Waals surface area contributed by atoms with Gasteiger partial charge in [-0.1, -0.05) is 0 Å². The molecule has 3 nitrogen and oxygen atoms in total. The lowest BCUT2D eigenvalue weighted by molar-refractivity contribution is 1.17. The molecule has 0 aliphatic carbocycles. The Morgan fingerprint density at radius 1 is 1.38 bits per heavy atom. The third-order valence-electron chi connectivity index (χ3n) is 1.59. The monoisotopic (exact) mass is 299 g/mol. The normalized spacial score (nSPS) is 10.2. The first kappa shape index (κ1) is 8.73. The minimum Gasteiger partial charge on any atom is -0.304 e. The summed E-state index contributed by atoms with van der Waals surface area (Å²) in [7, 11) is 0. The first-order valence-electron chi connectivity index (χ1n) is 3.44. The van der Waals surface area contributed by atoms with Crippen molar-refractivity contribution in [3.8, 4) is 6.07 Å². The van der Waals surface area contributed by atoms with Crippen LogP contribution in [0.4, 0.5) is 0 Å². The Morgan fingerprint density at radius 2 is 2.15 bits per heavy atom. The number of imidazole rings is 1. The molecule has 0 atom stereocenters. The van der Waals surface area contributed by atoms with E-state index in [9.17, 15) is 0 Å². The van der Waals surface area contributed by atoms with E-state index in [0.29, 0.717) is 5.69 Å². The van der Waals surface area contributed by atoms with Gasteiger partial charge in [0.1, 0.15) is 6.07 Å². The molecule has 0 unspecified atom stereocenters. The van der Waals surface area contributed by atoms with E-state index in [0.717, 1.165) is 14.6 Å². The van der Waals surface area contributed by atoms with E-state index < -0.39 is 0 Å². The van der Waals surface area contributed by atoms with Gasteiger partial charge in [-0.2, -0.15) is 5.26 Å². The Hall–Kier alpha value is -0.860. The Kier molecular flexibility index (Phi) is 2.10. The summed E-state index contributed by atoms with van der Waals surface area (Å²) in [5.41, 5.74) is 1.17. The van der Waals surface area contributed by atoms with Crippen molar-refractivity contribution in [2.45, 2.75) is 0 Å². The molecule has 0 saturated carbocycles. The van der Waals surface area contributed by atoms with Crippen LogP contribution < -0.4 is 0 Å². The van der Waals surface area contributed by atoms with Crippen LogP contribution in [0.25, 0.3) is 5.65 Å². The fraction of sp³-hybridized carbons (Fsp3) is 0. The average molecular weight is 301 g/mol. The average Bonchev–Trinajstić information content (AvgIpc) is 2.47. The van der Waals surface area contributed by atoms with E-state index in [4.69, 9.17) is 5.26 Å². The third kappa shape index (κ3) is 1.47. The van der Waals surface area contributed by atoms with Crippen molar-refractivity contribution >= 4 is 37.5 Å². The lowest BCUT2D eigenvalue weighted by atomic mass is 10.5. The molecule has 0 amide bonds. The molecule has 0 saturated heterocycles. The highest BCUT2D eigenvalue weighted by atomic mass is 79.9. The van der Waals surface area contributed by atoms with Crippen LogP contribution in [0.1, 0.15) is 5.69 Å². The second kappa shape index (κ2) is 3.13. The van der Waals surface area contributed by atoms with Crippen LogP contribution in [0.5, 0.6) is 0 Å². The second-order valence-electron chi connectivity index (χ2n) is 2.48. The highest BCUT2D eigenvalue weighted by Gasteiger charge is 2.04. The fourth-order valence-corrected chi connectivity index (χ4v) is 2.38. The summed E-state index contributed by atoms with van der Waals surface area (Å²) in [4.78, 5) is 4.11. The summed E-state index contributed by atoms with van der Waals surface area (Å²) in [5, 5.41) is 8.65. The molecule has 0 aromatic carbocycles. The number of hydrogen-bond acceptors (Lipinski definition) is 2. The van der Waals surface area contributed by atoms with Gasteiger partial charge in [-0.25, -0.2) is 4.98 Å². The zero-order valence-electron chi connectivity index (χ0n) is 6.33. The zero-order valence-corrected chi connectivity index (χ0v) is 9.50. The van der Waals surface area contributed by atoms with Crippen molar-refractivity contribution in [2.24, 2.45) is 0 Å². The Labute approximate surface area is 91.3 Å². The predicted molar refractivity (Wildman–Crippen MR) is 55.3 cm³/mol. The maximum absolute atomic E-state index is 8.65. The maximum Gasteiger partial charge on any atom is 0.159 e. The number of nitrogens with zero attached hydrogens (tertiary/aromatic N) is 3. The minimum atomic E-state index is 0.416. The molecule has 0 N–H and O–H groups in total. The maximum atomic E-state index is 8.65. The summed E-state index contributed by atoms with van der Waals surface area (Å²) in [6.45, 7) is 0. The third-order valence-corrected chi connectivity index (χ3v) is 2.60. The van der Waals surface area contributed by atoms with Gasteiger partial charge >= 0.3 is 0 Å². The fourth-order valence-electron chi connectivity index (χ4n) is 1.08. The second-order valence-corrected chi connectivity index (χ2v) is 4.25. The summed E-state index contributed by atoms with van der Waals surface area (Å²) in [6, 6.07) is 3.89. The van der Waals surface area contributed by atoms with Crippen LogP contribution in [0.15, 0.2) is 27.4 Å². The topological polar surface area (TPSA) is 41.1 Å². The van der Waals surface area contributed by atoms with E-state index in [2.05, 4.69) is 36.8 Å². The summed E-state index contributed by atoms with van der Waals surface area (Å²) in [6.07, 6.45) is 3.54. The van der Waals surface area contributed by atoms with Gasteiger partial charge in [0, 0.05) is 16.9 Å². The van der Waals surface area contributed by atoms with Crippen LogP contribution in [-0.2, 0) is 0 Å². The predicted octanol–water partition coefficient (Wildman–Crippen LogP) is 2.73. The van der Waals surface area contributed by atoms with Gasteiger partial charge in [0.15, 0.2) is 11.3 Å². The number of pyridine rings is 1. The SMILES string of the molecule is N#Cc1cn2cc(Br)cc(Br)c2n1. The van der Waals surface area contributed by atoms with E-state index >= 15 is 0 Å². The van der Waals surface area contributed by atoms with Crippen LogP contribution in [0.2, 0.25) is 0 Å². The highest BCUT2D eigenvalue weighted by molar-refractivity contribution is 9.11. The van der Waals surface area contributed by atoms with Crippen molar-refractivity contribution in [3.63, 3.8) is 0 Å². The van der Waals surface area contributed by atoms with E-state index in [1.54, 1.807) is 10.6 Å². The van der Waals surface area contributed by atoms with Gasteiger partial charge in [-0.15, -0.1) is 0 Å². The van der Waals surface area contributed by atoms with Crippen LogP contribution in [0, 0.1) is 11.3 Å². The summed E-state index contributed by atoms with van der Waals surface area (Å²) >= 11 is 6.72. The van der Waals surface area contributed by atoms with Crippen molar-refractivity contribution in [1.82, 2.24) is 9.38 Å². The molecule has 0 spiro atoms. The van der Waals surface area contributed by atoms with Gasteiger partial charge in [0.25, 0.3) is 0 Å². The smallest absolute Gasteiger partial charge is 0.159 e. The van der Waals surface area contributed by atoms with E-state index in [1.807, 2.05) is 18.3 Å². The van der Waals surface area contributed by atoms with E-state index in [-0.39, 0.29) is 0 Å². The van der Waals surface area contributed by atoms with Gasteiger partial charge in [-0.3, -0.25) is 0 Å². The Bertz CT molecular complexity index is 510. The Balaban J connectivity index is 2.84. The molecule has 0 bridgehead atoms. The van der Waals surface area contributed by atoms with Gasteiger partial charge in [0.2, 0.25) is 0 Å². The molecule has 0 radical (unpaired) electrons. The Morgan fingerprint density at radius 3 is 2.85 bits per heavy atom.